The SMILES string of the molecule is Cc1cc(C(=O)O[C@H](C)C(=O)Nc2nc(-c3cccc([N+](=O)[O-])c3)cs2)c(C)o1. The van der Waals surface area contributed by atoms with Crippen molar-refractivity contribution < 1.29 is 23.7 Å². The summed E-state index contributed by atoms with van der Waals surface area (Å²) < 4.78 is 10.5. The molecule has 0 aliphatic rings. The fourth-order valence-corrected chi connectivity index (χ4v) is 3.28. The number of carbonyl (C=O) groups excluding carboxylic acids is 2. The predicted molar refractivity (Wildman–Crippen MR) is 106 cm³/mol. The van der Waals surface area contributed by atoms with Crippen LogP contribution in [0.5, 0.6) is 0 Å². The number of furan rings is 1. The maximum Gasteiger partial charge on any atom is 0.342 e. The summed E-state index contributed by atoms with van der Waals surface area (Å²) in [5, 5.41) is 15.4. The smallest absolute Gasteiger partial charge is 0.342 e. The van der Waals surface area contributed by atoms with Crippen molar-refractivity contribution in [1.82, 2.24) is 4.98 Å². The third kappa shape index (κ3) is 4.66. The van der Waals surface area contributed by atoms with Crippen molar-refractivity contribution in [2.45, 2.75) is 26.9 Å². The third-order valence-electron chi connectivity index (χ3n) is 4.00. The molecule has 2 aromatic heterocycles. The largest absolute Gasteiger partial charge is 0.466 e. The topological polar surface area (TPSA) is 125 Å². The lowest BCUT2D eigenvalue weighted by molar-refractivity contribution is -0.384. The molecule has 1 atom stereocenters. The van der Waals surface area contributed by atoms with E-state index in [1.54, 1.807) is 37.4 Å². The minimum absolute atomic E-state index is 0.0496. The highest BCUT2D eigenvalue weighted by Crippen LogP contribution is 2.27. The van der Waals surface area contributed by atoms with E-state index in [1.165, 1.54) is 19.1 Å². The Morgan fingerprint density at radius 2 is 2.07 bits per heavy atom. The lowest BCUT2D eigenvalue weighted by Crippen LogP contribution is -2.30. The van der Waals surface area contributed by atoms with Crippen molar-refractivity contribution in [1.29, 1.82) is 0 Å². The van der Waals surface area contributed by atoms with Crippen LogP contribution >= 0.6 is 11.3 Å². The molecule has 1 aromatic carbocycles. The highest BCUT2D eigenvalue weighted by Gasteiger charge is 2.23. The first-order valence-electron chi connectivity index (χ1n) is 8.54. The zero-order valence-electron chi connectivity index (χ0n) is 15.8. The molecule has 3 aromatic rings. The van der Waals surface area contributed by atoms with Crippen LogP contribution in [-0.4, -0.2) is 27.9 Å². The Bertz CT molecular complexity index is 1090. The van der Waals surface area contributed by atoms with Gasteiger partial charge in [-0.1, -0.05) is 12.1 Å². The van der Waals surface area contributed by atoms with Crippen LogP contribution in [0.15, 0.2) is 40.1 Å². The standard InChI is InChI=1S/C19H17N3O6S/c1-10-7-15(11(2)27-10)18(24)28-12(3)17(23)21-19-20-16(9-29-19)13-5-4-6-14(8-13)22(25)26/h4-9,12H,1-3H3,(H,20,21,23)/t12-/m1/s1. The normalized spacial score (nSPS) is 11.7. The summed E-state index contributed by atoms with van der Waals surface area (Å²) in [5.41, 5.74) is 1.26. The molecule has 10 heteroatoms. The number of amides is 1. The van der Waals surface area contributed by atoms with Crippen LogP contribution in [0.2, 0.25) is 0 Å². The van der Waals surface area contributed by atoms with Gasteiger partial charge in [0.2, 0.25) is 0 Å². The average molecular weight is 415 g/mol. The first-order chi connectivity index (χ1) is 13.7. The number of aryl methyl sites for hydroxylation is 2. The number of nitrogens with one attached hydrogen (secondary N) is 1. The molecule has 0 aliphatic heterocycles. The summed E-state index contributed by atoms with van der Waals surface area (Å²) in [4.78, 5) is 39.2. The number of anilines is 1. The van der Waals surface area contributed by atoms with Crippen LogP contribution < -0.4 is 5.32 Å². The van der Waals surface area contributed by atoms with Crippen molar-refractivity contribution in [2.75, 3.05) is 5.32 Å². The number of ether oxygens (including phenoxy) is 1. The number of nitro benzene ring substituents is 1. The van der Waals surface area contributed by atoms with Gasteiger partial charge in [0.05, 0.1) is 10.6 Å². The molecule has 0 radical (unpaired) electrons. The fourth-order valence-electron chi connectivity index (χ4n) is 2.56. The number of nitro groups is 1. The molecule has 0 bridgehead atoms. The molecule has 0 saturated carbocycles. The number of non-ortho nitro benzene ring substituents is 1. The van der Waals surface area contributed by atoms with E-state index in [1.807, 2.05) is 0 Å². The van der Waals surface area contributed by atoms with Crippen molar-refractivity contribution in [2.24, 2.45) is 0 Å². The van der Waals surface area contributed by atoms with Crippen molar-refractivity contribution >= 4 is 34.0 Å². The Morgan fingerprint density at radius 3 is 2.72 bits per heavy atom. The van der Waals surface area contributed by atoms with Crippen LogP contribution in [0.1, 0.15) is 28.8 Å². The first-order valence-corrected chi connectivity index (χ1v) is 9.42. The molecule has 1 amide bonds. The van der Waals surface area contributed by atoms with E-state index in [-0.39, 0.29) is 16.4 Å². The van der Waals surface area contributed by atoms with E-state index < -0.39 is 22.9 Å². The van der Waals surface area contributed by atoms with Gasteiger partial charge in [-0.05, 0) is 26.8 Å². The summed E-state index contributed by atoms with van der Waals surface area (Å²) in [7, 11) is 0. The molecule has 0 spiro atoms. The van der Waals surface area contributed by atoms with E-state index in [4.69, 9.17) is 9.15 Å². The summed E-state index contributed by atoms with van der Waals surface area (Å²) in [6, 6.07) is 7.59. The van der Waals surface area contributed by atoms with Crippen LogP contribution in [0.4, 0.5) is 10.8 Å². The van der Waals surface area contributed by atoms with Crippen molar-refractivity contribution in [3.63, 3.8) is 0 Å². The second-order valence-electron chi connectivity index (χ2n) is 6.21. The summed E-state index contributed by atoms with van der Waals surface area (Å²) in [5.74, 6) is -0.209. The van der Waals surface area contributed by atoms with Crippen molar-refractivity contribution in [3.8, 4) is 11.3 Å². The highest BCUT2D eigenvalue weighted by molar-refractivity contribution is 7.14. The second kappa shape index (κ2) is 8.23. The van der Waals surface area contributed by atoms with Crippen LogP contribution in [0.25, 0.3) is 11.3 Å². The van der Waals surface area contributed by atoms with Gasteiger partial charge in [-0.15, -0.1) is 11.3 Å². The number of rotatable bonds is 6. The quantitative estimate of drug-likeness (QED) is 0.365. The van der Waals surface area contributed by atoms with Crippen LogP contribution in [-0.2, 0) is 9.53 Å². The molecule has 2 heterocycles. The van der Waals surface area contributed by atoms with Gasteiger partial charge in [-0.25, -0.2) is 9.78 Å². The summed E-state index contributed by atoms with van der Waals surface area (Å²) in [6.07, 6.45) is -1.05. The minimum atomic E-state index is -1.05. The lowest BCUT2D eigenvalue weighted by atomic mass is 10.1. The zero-order chi connectivity index (χ0) is 21.1. The molecular weight excluding hydrogens is 398 g/mol. The molecule has 0 saturated heterocycles. The van der Waals surface area contributed by atoms with Gasteiger partial charge in [0.15, 0.2) is 11.2 Å². The minimum Gasteiger partial charge on any atom is -0.466 e. The number of aromatic nitrogens is 1. The molecule has 0 fully saturated rings. The first kappa shape index (κ1) is 20.2. The zero-order valence-corrected chi connectivity index (χ0v) is 16.6. The lowest BCUT2D eigenvalue weighted by Gasteiger charge is -2.11. The van der Waals surface area contributed by atoms with Crippen LogP contribution in [0.3, 0.4) is 0 Å². The number of hydrogen-bond donors (Lipinski definition) is 1. The fraction of sp³-hybridized carbons (Fsp3) is 0.211. The van der Waals surface area contributed by atoms with E-state index in [9.17, 15) is 19.7 Å². The summed E-state index contributed by atoms with van der Waals surface area (Å²) in [6.45, 7) is 4.80. The molecule has 0 unspecified atom stereocenters. The maximum atomic E-state index is 12.3. The van der Waals surface area contributed by atoms with Gasteiger partial charge in [0.1, 0.15) is 17.1 Å². The average Bonchev–Trinajstić information content (AvgIpc) is 3.27. The number of esters is 1. The van der Waals surface area contributed by atoms with Crippen LogP contribution in [0, 0.1) is 24.0 Å². The Hall–Kier alpha value is -3.53. The number of nitrogens with zero attached hydrogens (tertiary/aromatic N) is 2. The van der Waals surface area contributed by atoms with Gasteiger partial charge in [-0.2, -0.15) is 0 Å². The number of thiazole rings is 1. The predicted octanol–water partition coefficient (Wildman–Crippen LogP) is 4.11. The van der Waals surface area contributed by atoms with Gasteiger partial charge in [0, 0.05) is 23.1 Å². The maximum absolute atomic E-state index is 12.3. The highest BCUT2D eigenvalue weighted by atomic mass is 32.1. The molecular formula is C19H17N3O6S. The van der Waals surface area contributed by atoms with Gasteiger partial charge >= 0.3 is 5.97 Å². The summed E-state index contributed by atoms with van der Waals surface area (Å²) >= 11 is 1.16. The Balaban J connectivity index is 1.65. The number of hydrogen-bond acceptors (Lipinski definition) is 8. The van der Waals surface area contributed by atoms with E-state index in [0.717, 1.165) is 11.3 Å². The molecule has 9 nitrogen and oxygen atoms in total. The van der Waals surface area contributed by atoms with E-state index >= 15 is 0 Å². The molecule has 3 rings (SSSR count). The Labute approximate surface area is 169 Å². The van der Waals surface area contributed by atoms with E-state index in [2.05, 4.69) is 10.3 Å². The Morgan fingerprint density at radius 1 is 1.31 bits per heavy atom. The Kier molecular flexibility index (Phi) is 5.74. The molecule has 29 heavy (non-hydrogen) atoms. The molecule has 0 aliphatic carbocycles. The second-order valence-corrected chi connectivity index (χ2v) is 7.07. The molecule has 150 valence electrons. The molecule has 1 N–H and O–H groups in total. The monoisotopic (exact) mass is 415 g/mol. The van der Waals surface area contributed by atoms with Crippen molar-refractivity contribution in [3.05, 3.63) is 62.9 Å². The third-order valence-corrected chi connectivity index (χ3v) is 4.76. The number of benzene rings is 1. The van der Waals surface area contributed by atoms with Gasteiger partial charge in [0.25, 0.3) is 11.6 Å². The van der Waals surface area contributed by atoms with Gasteiger partial charge in [-0.3, -0.25) is 20.2 Å². The van der Waals surface area contributed by atoms with E-state index in [0.29, 0.717) is 22.8 Å². The number of carbonyl (C=O) groups is 2. The van der Waals surface area contributed by atoms with Gasteiger partial charge < -0.3 is 9.15 Å².